The summed E-state index contributed by atoms with van der Waals surface area (Å²) in [5, 5.41) is 2.66. The normalized spacial score (nSPS) is 10.4. The highest BCUT2D eigenvalue weighted by atomic mass is 16.2. The Kier molecular flexibility index (Phi) is 5.30. The first-order valence-corrected chi connectivity index (χ1v) is 7.30. The highest BCUT2D eigenvalue weighted by Gasteiger charge is 2.18. The van der Waals surface area contributed by atoms with E-state index in [0.717, 1.165) is 18.4 Å². The van der Waals surface area contributed by atoms with Crippen molar-refractivity contribution < 1.29 is 9.59 Å². The quantitative estimate of drug-likeness (QED) is 0.821. The van der Waals surface area contributed by atoms with E-state index in [9.17, 15) is 9.59 Å². The molecule has 2 aromatic rings. The Morgan fingerprint density at radius 2 is 2.00 bits per heavy atom. The van der Waals surface area contributed by atoms with Crippen molar-refractivity contribution in [3.8, 4) is 0 Å². The van der Waals surface area contributed by atoms with Gasteiger partial charge in [0.2, 0.25) is 5.91 Å². The summed E-state index contributed by atoms with van der Waals surface area (Å²) in [6.07, 6.45) is 3.64. The number of nitrogens with two attached hydrogens (primary N) is 1. The van der Waals surface area contributed by atoms with Crippen LogP contribution in [0, 0.1) is 0 Å². The van der Waals surface area contributed by atoms with Gasteiger partial charge in [-0.1, -0.05) is 43.7 Å². The maximum absolute atomic E-state index is 11.8. The molecule has 0 bridgehead atoms. The molecule has 0 saturated carbocycles. The van der Waals surface area contributed by atoms with Crippen LogP contribution in [0.4, 0.5) is 5.82 Å². The van der Waals surface area contributed by atoms with Crippen molar-refractivity contribution in [1.29, 1.82) is 0 Å². The average molecular weight is 300 g/mol. The van der Waals surface area contributed by atoms with E-state index in [1.165, 1.54) is 6.33 Å². The van der Waals surface area contributed by atoms with Crippen molar-refractivity contribution in [3.05, 3.63) is 47.9 Å². The zero-order valence-electron chi connectivity index (χ0n) is 12.6. The first-order chi connectivity index (χ1) is 10.6. The van der Waals surface area contributed by atoms with Gasteiger partial charge in [0.25, 0.3) is 5.91 Å². The Morgan fingerprint density at radius 3 is 2.64 bits per heavy atom. The topological polar surface area (TPSA) is 90.0 Å². The average Bonchev–Trinajstić information content (AvgIpc) is 2.88. The highest BCUT2D eigenvalue weighted by molar-refractivity contribution is 6.00. The smallest absolute Gasteiger partial charge is 0.269 e. The molecule has 0 atom stereocenters. The molecule has 22 heavy (non-hydrogen) atoms. The number of unbranched alkanes of at least 4 members (excludes halogenated alkanes) is 1. The predicted octanol–water partition coefficient (Wildman–Crippen LogP) is 2.16. The fourth-order valence-electron chi connectivity index (χ4n) is 2.16. The number of aromatic nitrogens is 2. The number of carbonyl (C=O) groups is 2. The van der Waals surface area contributed by atoms with Crippen molar-refractivity contribution in [2.24, 2.45) is 5.73 Å². The molecule has 2 amide bonds. The van der Waals surface area contributed by atoms with Crippen molar-refractivity contribution in [1.82, 2.24) is 9.55 Å². The number of amides is 2. The molecule has 0 radical (unpaired) electrons. The minimum atomic E-state index is -0.612. The van der Waals surface area contributed by atoms with Crippen LogP contribution >= 0.6 is 0 Å². The van der Waals surface area contributed by atoms with E-state index in [4.69, 9.17) is 5.73 Å². The van der Waals surface area contributed by atoms with Gasteiger partial charge >= 0.3 is 0 Å². The molecule has 0 aliphatic rings. The lowest BCUT2D eigenvalue weighted by molar-refractivity contribution is -0.116. The molecule has 1 aromatic carbocycles. The molecule has 2 rings (SSSR count). The Morgan fingerprint density at radius 1 is 1.27 bits per heavy atom. The van der Waals surface area contributed by atoms with Gasteiger partial charge < -0.3 is 15.6 Å². The summed E-state index contributed by atoms with van der Waals surface area (Å²) in [6.45, 7) is 2.48. The van der Waals surface area contributed by atoms with Crippen LogP contribution < -0.4 is 11.1 Å². The first kappa shape index (κ1) is 15.8. The van der Waals surface area contributed by atoms with E-state index in [2.05, 4.69) is 10.3 Å². The van der Waals surface area contributed by atoms with Crippen molar-refractivity contribution >= 4 is 17.6 Å². The highest BCUT2D eigenvalue weighted by Crippen LogP contribution is 2.15. The molecule has 6 nitrogen and oxygen atoms in total. The standard InChI is InChI=1S/C16H20N4O2/c1-2-3-9-13(21)19-16-14(15(17)22)20(11-18-16)10-12-7-5-4-6-8-12/h4-8,11H,2-3,9-10H2,1H3,(H2,17,22)(H,19,21). The maximum atomic E-state index is 11.8. The van der Waals surface area contributed by atoms with Crippen molar-refractivity contribution in [2.75, 3.05) is 5.32 Å². The van der Waals surface area contributed by atoms with Gasteiger partial charge in [-0.3, -0.25) is 9.59 Å². The molecule has 1 aromatic heterocycles. The number of nitrogens with one attached hydrogen (secondary N) is 1. The largest absolute Gasteiger partial charge is 0.364 e. The van der Waals surface area contributed by atoms with Gasteiger partial charge in [0, 0.05) is 13.0 Å². The molecule has 0 aliphatic heterocycles. The minimum absolute atomic E-state index is 0.158. The van der Waals surface area contributed by atoms with E-state index >= 15 is 0 Å². The molecular formula is C16H20N4O2. The van der Waals surface area contributed by atoms with Gasteiger partial charge in [-0.25, -0.2) is 4.98 Å². The van der Waals surface area contributed by atoms with Crippen LogP contribution in [0.5, 0.6) is 0 Å². The van der Waals surface area contributed by atoms with E-state index in [0.29, 0.717) is 13.0 Å². The van der Waals surface area contributed by atoms with Crippen LogP contribution in [0.3, 0.4) is 0 Å². The van der Waals surface area contributed by atoms with E-state index in [-0.39, 0.29) is 17.4 Å². The molecule has 0 aliphatic carbocycles. The number of carbonyl (C=O) groups excluding carboxylic acids is 2. The van der Waals surface area contributed by atoms with Gasteiger partial charge in [0.15, 0.2) is 11.5 Å². The molecule has 0 fully saturated rings. The molecule has 0 unspecified atom stereocenters. The number of imidazole rings is 1. The number of nitrogens with zero attached hydrogens (tertiary/aromatic N) is 2. The second kappa shape index (κ2) is 7.40. The van der Waals surface area contributed by atoms with Crippen LogP contribution in [0.25, 0.3) is 0 Å². The molecule has 6 heteroatoms. The van der Waals surface area contributed by atoms with Crippen LogP contribution in [-0.4, -0.2) is 21.4 Å². The lowest BCUT2D eigenvalue weighted by atomic mass is 10.2. The van der Waals surface area contributed by atoms with E-state index in [1.807, 2.05) is 37.3 Å². The van der Waals surface area contributed by atoms with Crippen LogP contribution in [0.15, 0.2) is 36.7 Å². The Labute approximate surface area is 129 Å². The zero-order valence-corrected chi connectivity index (χ0v) is 12.6. The predicted molar refractivity (Wildman–Crippen MR) is 84.4 cm³/mol. The van der Waals surface area contributed by atoms with Gasteiger partial charge in [0.1, 0.15) is 0 Å². The van der Waals surface area contributed by atoms with Crippen LogP contribution in [-0.2, 0) is 11.3 Å². The number of primary amides is 1. The minimum Gasteiger partial charge on any atom is -0.364 e. The van der Waals surface area contributed by atoms with Gasteiger partial charge in [-0.05, 0) is 12.0 Å². The lowest BCUT2D eigenvalue weighted by Gasteiger charge is -2.08. The summed E-state index contributed by atoms with van der Waals surface area (Å²) in [6, 6.07) is 9.66. The third-order valence-corrected chi connectivity index (χ3v) is 3.28. The number of hydrogen-bond donors (Lipinski definition) is 2. The molecule has 0 saturated heterocycles. The maximum Gasteiger partial charge on any atom is 0.269 e. The van der Waals surface area contributed by atoms with E-state index < -0.39 is 5.91 Å². The molecule has 116 valence electrons. The number of rotatable bonds is 7. The number of hydrogen-bond acceptors (Lipinski definition) is 3. The van der Waals surface area contributed by atoms with Gasteiger partial charge in [-0.15, -0.1) is 0 Å². The summed E-state index contributed by atoms with van der Waals surface area (Å²) in [5.74, 6) is -0.543. The Hall–Kier alpha value is -2.63. The first-order valence-electron chi connectivity index (χ1n) is 7.30. The van der Waals surface area contributed by atoms with Crippen LogP contribution in [0.1, 0.15) is 42.2 Å². The lowest BCUT2D eigenvalue weighted by Crippen LogP contribution is -2.21. The number of benzene rings is 1. The third-order valence-electron chi connectivity index (χ3n) is 3.28. The summed E-state index contributed by atoms with van der Waals surface area (Å²) in [7, 11) is 0. The number of anilines is 1. The fourth-order valence-corrected chi connectivity index (χ4v) is 2.16. The second-order valence-corrected chi connectivity index (χ2v) is 5.07. The van der Waals surface area contributed by atoms with E-state index in [1.54, 1.807) is 4.57 Å². The summed E-state index contributed by atoms with van der Waals surface area (Å²) in [5.41, 5.74) is 6.67. The summed E-state index contributed by atoms with van der Waals surface area (Å²) in [4.78, 5) is 27.6. The SMILES string of the molecule is CCCCC(=O)Nc1ncn(Cc2ccccc2)c1C(N)=O. The Balaban J connectivity index is 2.18. The van der Waals surface area contributed by atoms with Crippen molar-refractivity contribution in [3.63, 3.8) is 0 Å². The van der Waals surface area contributed by atoms with Crippen molar-refractivity contribution in [2.45, 2.75) is 32.7 Å². The third kappa shape index (κ3) is 3.94. The second-order valence-electron chi connectivity index (χ2n) is 5.07. The molecule has 0 spiro atoms. The molecule has 1 heterocycles. The van der Waals surface area contributed by atoms with Crippen LogP contribution in [0.2, 0.25) is 0 Å². The molecular weight excluding hydrogens is 280 g/mol. The van der Waals surface area contributed by atoms with Gasteiger partial charge in [-0.2, -0.15) is 0 Å². The fraction of sp³-hybridized carbons (Fsp3) is 0.312. The monoisotopic (exact) mass is 300 g/mol. The Bertz CT molecular complexity index is 649. The zero-order chi connectivity index (χ0) is 15.9. The van der Waals surface area contributed by atoms with Gasteiger partial charge in [0.05, 0.1) is 6.33 Å². The summed E-state index contributed by atoms with van der Waals surface area (Å²) < 4.78 is 1.65. The summed E-state index contributed by atoms with van der Waals surface area (Å²) >= 11 is 0. The molecule has 3 N–H and O–H groups in total.